The molecule has 0 aromatic heterocycles. The molecule has 2 rings (SSSR count). The molecule has 7 heteroatoms. The number of anilines is 1. The third kappa shape index (κ3) is 6.67. The maximum atomic E-state index is 12.3. The topological polar surface area (TPSA) is 58.6 Å². The summed E-state index contributed by atoms with van der Waals surface area (Å²) in [6.07, 6.45) is 2.64. The highest BCUT2D eigenvalue weighted by atomic mass is 35.5. The van der Waals surface area contributed by atoms with Crippen LogP contribution in [-0.2, 0) is 14.3 Å². The molecule has 1 saturated carbocycles. The van der Waals surface area contributed by atoms with Crippen molar-refractivity contribution in [1.29, 1.82) is 0 Å². The summed E-state index contributed by atoms with van der Waals surface area (Å²) in [6.45, 7) is 3.68. The van der Waals surface area contributed by atoms with E-state index in [0.29, 0.717) is 34.8 Å². The van der Waals surface area contributed by atoms with Crippen molar-refractivity contribution in [3.63, 3.8) is 0 Å². The van der Waals surface area contributed by atoms with Crippen LogP contribution in [0.3, 0.4) is 0 Å². The van der Waals surface area contributed by atoms with Crippen LogP contribution in [0, 0.1) is 5.92 Å². The lowest BCUT2D eigenvalue weighted by Crippen LogP contribution is -2.36. The van der Waals surface area contributed by atoms with Gasteiger partial charge in [-0.05, 0) is 43.9 Å². The molecule has 1 aromatic carbocycles. The third-order valence-corrected chi connectivity index (χ3v) is 4.29. The predicted molar refractivity (Wildman–Crippen MR) is 95.5 cm³/mol. The first kappa shape index (κ1) is 19.0. The van der Waals surface area contributed by atoms with Crippen LogP contribution in [0.4, 0.5) is 5.69 Å². The Hall–Kier alpha value is -1.30. The molecule has 0 saturated heterocycles. The Labute approximate surface area is 152 Å². The van der Waals surface area contributed by atoms with Gasteiger partial charge in [0, 0.05) is 18.1 Å². The Morgan fingerprint density at radius 3 is 2.75 bits per heavy atom. The molecule has 1 aliphatic carbocycles. The summed E-state index contributed by atoms with van der Waals surface area (Å²) in [5.41, 5.74) is 0.492. The number of nitrogens with one attached hydrogen (secondary N) is 1. The minimum Gasteiger partial charge on any atom is -0.466 e. The number of hydrogen-bond donors (Lipinski definition) is 1. The van der Waals surface area contributed by atoms with E-state index in [9.17, 15) is 9.59 Å². The average molecular weight is 373 g/mol. The quantitative estimate of drug-likeness (QED) is 0.672. The van der Waals surface area contributed by atoms with E-state index in [-0.39, 0.29) is 24.8 Å². The van der Waals surface area contributed by atoms with Crippen molar-refractivity contribution < 1.29 is 14.3 Å². The van der Waals surface area contributed by atoms with Gasteiger partial charge in [0.2, 0.25) is 5.91 Å². The second kappa shape index (κ2) is 9.25. The molecular weight excluding hydrogens is 351 g/mol. The summed E-state index contributed by atoms with van der Waals surface area (Å²) in [7, 11) is 0. The number of benzene rings is 1. The summed E-state index contributed by atoms with van der Waals surface area (Å²) in [5.74, 6) is 0.204. The van der Waals surface area contributed by atoms with Gasteiger partial charge in [0.1, 0.15) is 0 Å². The molecule has 24 heavy (non-hydrogen) atoms. The molecule has 0 radical (unpaired) electrons. The number of carbonyl (C=O) groups excluding carboxylic acids is 2. The zero-order chi connectivity index (χ0) is 17.5. The van der Waals surface area contributed by atoms with Crippen molar-refractivity contribution in [2.24, 2.45) is 5.92 Å². The zero-order valence-electron chi connectivity index (χ0n) is 13.7. The van der Waals surface area contributed by atoms with Gasteiger partial charge in [-0.2, -0.15) is 0 Å². The Balaban J connectivity index is 1.88. The average Bonchev–Trinajstić information content (AvgIpc) is 3.33. The largest absolute Gasteiger partial charge is 0.466 e. The minimum atomic E-state index is -0.239. The summed E-state index contributed by atoms with van der Waals surface area (Å²) in [6, 6.07) is 4.92. The molecule has 1 amide bonds. The van der Waals surface area contributed by atoms with E-state index in [1.807, 2.05) is 4.90 Å². The predicted octanol–water partition coefficient (Wildman–Crippen LogP) is 3.60. The lowest BCUT2D eigenvalue weighted by atomic mass is 10.3. The monoisotopic (exact) mass is 372 g/mol. The highest BCUT2D eigenvalue weighted by Crippen LogP contribution is 2.30. The standard InChI is InChI=1S/C17H22Cl2N2O3/c1-2-24-17(23)7-8-21(10-12-3-4-12)11-16(22)20-15-9-13(18)5-6-14(15)19/h5-6,9,12H,2-4,7-8,10-11H2,1H3,(H,20,22). The van der Waals surface area contributed by atoms with Crippen molar-refractivity contribution in [1.82, 2.24) is 4.90 Å². The molecule has 5 nitrogen and oxygen atoms in total. The lowest BCUT2D eigenvalue weighted by Gasteiger charge is -2.21. The molecule has 0 aliphatic heterocycles. The molecule has 0 spiro atoms. The molecule has 1 aromatic rings. The molecule has 1 aliphatic rings. The van der Waals surface area contributed by atoms with Crippen LogP contribution >= 0.6 is 23.2 Å². The molecule has 0 heterocycles. The summed E-state index contributed by atoms with van der Waals surface area (Å²) in [4.78, 5) is 25.8. The van der Waals surface area contributed by atoms with E-state index in [2.05, 4.69) is 5.32 Å². The number of halogens is 2. The van der Waals surface area contributed by atoms with Crippen LogP contribution < -0.4 is 5.32 Å². The number of nitrogens with zero attached hydrogens (tertiary/aromatic N) is 1. The Morgan fingerprint density at radius 2 is 2.08 bits per heavy atom. The molecule has 0 unspecified atom stereocenters. The third-order valence-electron chi connectivity index (χ3n) is 3.72. The van der Waals surface area contributed by atoms with E-state index in [4.69, 9.17) is 27.9 Å². The van der Waals surface area contributed by atoms with E-state index in [1.165, 1.54) is 12.8 Å². The van der Waals surface area contributed by atoms with Gasteiger partial charge in [0.15, 0.2) is 0 Å². The molecule has 1 fully saturated rings. The number of ether oxygens (including phenoxy) is 1. The van der Waals surface area contributed by atoms with Gasteiger partial charge >= 0.3 is 5.97 Å². The van der Waals surface area contributed by atoms with Gasteiger partial charge < -0.3 is 10.1 Å². The maximum Gasteiger partial charge on any atom is 0.307 e. The van der Waals surface area contributed by atoms with E-state index < -0.39 is 0 Å². The van der Waals surface area contributed by atoms with Crippen molar-refractivity contribution >= 4 is 40.8 Å². The molecule has 0 atom stereocenters. The van der Waals surface area contributed by atoms with Gasteiger partial charge in [-0.1, -0.05) is 23.2 Å². The second-order valence-corrected chi connectivity index (χ2v) is 6.75. The van der Waals surface area contributed by atoms with Crippen LogP contribution in [-0.4, -0.2) is 43.0 Å². The van der Waals surface area contributed by atoms with E-state index >= 15 is 0 Å². The number of hydrogen-bond acceptors (Lipinski definition) is 4. The van der Waals surface area contributed by atoms with Crippen molar-refractivity contribution in [2.75, 3.05) is 31.6 Å². The van der Waals surface area contributed by atoms with Crippen LogP contribution in [0.1, 0.15) is 26.2 Å². The highest BCUT2D eigenvalue weighted by molar-refractivity contribution is 6.35. The summed E-state index contributed by atoms with van der Waals surface area (Å²) >= 11 is 12.0. The number of amides is 1. The van der Waals surface area contributed by atoms with Gasteiger partial charge in [-0.3, -0.25) is 14.5 Å². The van der Waals surface area contributed by atoms with Crippen molar-refractivity contribution in [3.8, 4) is 0 Å². The molecule has 0 bridgehead atoms. The van der Waals surface area contributed by atoms with Crippen LogP contribution in [0.2, 0.25) is 10.0 Å². The van der Waals surface area contributed by atoms with Crippen LogP contribution in [0.25, 0.3) is 0 Å². The van der Waals surface area contributed by atoms with Gasteiger partial charge in [0.05, 0.1) is 30.3 Å². The fourth-order valence-corrected chi connectivity index (χ4v) is 2.71. The smallest absolute Gasteiger partial charge is 0.307 e. The molecule has 1 N–H and O–H groups in total. The van der Waals surface area contributed by atoms with E-state index in [1.54, 1.807) is 25.1 Å². The SMILES string of the molecule is CCOC(=O)CCN(CC(=O)Nc1cc(Cl)ccc1Cl)CC1CC1. The lowest BCUT2D eigenvalue weighted by molar-refractivity contribution is -0.143. The maximum absolute atomic E-state index is 12.3. The van der Waals surface area contributed by atoms with Crippen LogP contribution in [0.15, 0.2) is 18.2 Å². The Morgan fingerprint density at radius 1 is 1.33 bits per heavy atom. The first-order valence-electron chi connectivity index (χ1n) is 8.10. The minimum absolute atomic E-state index is 0.177. The molecule has 132 valence electrons. The Bertz CT molecular complexity index is 591. The summed E-state index contributed by atoms with van der Waals surface area (Å²) < 4.78 is 4.94. The van der Waals surface area contributed by atoms with Gasteiger partial charge in [-0.25, -0.2) is 0 Å². The second-order valence-electron chi connectivity index (χ2n) is 5.91. The first-order valence-corrected chi connectivity index (χ1v) is 8.86. The van der Waals surface area contributed by atoms with Crippen molar-refractivity contribution in [2.45, 2.75) is 26.2 Å². The first-order chi connectivity index (χ1) is 11.5. The summed E-state index contributed by atoms with van der Waals surface area (Å²) in [5, 5.41) is 3.72. The fourth-order valence-electron chi connectivity index (χ4n) is 2.37. The molecular formula is C17H22Cl2N2O3. The number of rotatable bonds is 9. The highest BCUT2D eigenvalue weighted by Gasteiger charge is 2.25. The van der Waals surface area contributed by atoms with E-state index in [0.717, 1.165) is 6.54 Å². The van der Waals surface area contributed by atoms with Crippen molar-refractivity contribution in [3.05, 3.63) is 28.2 Å². The normalized spacial score (nSPS) is 13.8. The zero-order valence-corrected chi connectivity index (χ0v) is 15.2. The van der Waals surface area contributed by atoms with Crippen LogP contribution in [0.5, 0.6) is 0 Å². The van der Waals surface area contributed by atoms with Gasteiger partial charge in [0.25, 0.3) is 0 Å². The van der Waals surface area contributed by atoms with Gasteiger partial charge in [-0.15, -0.1) is 0 Å². The fraction of sp³-hybridized carbons (Fsp3) is 0.529. The number of esters is 1. The Kier molecular flexibility index (Phi) is 7.34. The number of carbonyl (C=O) groups is 2.